The van der Waals surface area contributed by atoms with E-state index in [0.717, 1.165) is 78.9 Å². The SMILES string of the molecule is CC(=C/[C@H]1Cc2c3c(c(C)c(C)c2O[C@@H]1/C(C)=C/C=C/C=C(C)/C=C/C=C(C)/C=C/[C@@]12O[C@]1(C)C[C@@H](O)CC2(C)C)O[C@](C)(CCC[C@H](C)CCC[C@H](C)CCCC(C)C)CC3)/C=C/[C@@]12O[C@]1(C)C[C@@H](O)CC2(C)C. The molecule has 1 aromatic carbocycles. The molecular formula is C69H104O6. The summed E-state index contributed by atoms with van der Waals surface area (Å²) in [5.74, 6) is 4.67. The highest BCUT2D eigenvalue weighted by molar-refractivity contribution is 5.61. The molecule has 416 valence electrons. The fourth-order valence-corrected chi connectivity index (χ4v) is 14.7. The zero-order chi connectivity index (χ0) is 54.9. The molecule has 7 rings (SSSR count). The number of benzene rings is 1. The lowest BCUT2D eigenvalue weighted by atomic mass is 9.63. The Morgan fingerprint density at radius 3 is 1.68 bits per heavy atom. The number of rotatable bonds is 22. The lowest BCUT2D eigenvalue weighted by Crippen LogP contribution is -2.46. The smallest absolute Gasteiger partial charge is 0.127 e. The van der Waals surface area contributed by atoms with Gasteiger partial charge in [-0.05, 0) is 154 Å². The molecule has 0 amide bonds. The fourth-order valence-electron chi connectivity index (χ4n) is 14.7. The Morgan fingerprint density at radius 2 is 1.11 bits per heavy atom. The summed E-state index contributed by atoms with van der Waals surface area (Å²) in [5, 5.41) is 21.2. The molecule has 0 bridgehead atoms. The van der Waals surface area contributed by atoms with Crippen molar-refractivity contribution in [3.05, 3.63) is 117 Å². The standard InChI is InChI=1S/C69H104O6/c1-46(2)24-20-26-48(4)28-21-29-49(5)31-23-36-65(15)37-35-58-59-41-55(40-51(7)34-39-69-64(13,14)43-57(71)45-67(69,17)75-69)60(72-61(59)53(9)54(10)62(58)73-65)52(8)32-19-18-25-47(3)27-22-30-50(6)33-38-68-63(11,12)42-56(70)44-66(68,16)74-68/h18-19,22,25,27,30,32-34,38-40,46,48-49,55-57,60,70-71H,20-21,23-24,26,28-29,31,35-37,41-45H2,1-17H3/b19-18+,27-22+,38-33+,39-34+,47-25+,50-30+,51-40-,52-32+/t48-,49-,55+,56+,57+,60-,65-,66-,67-,68+,69+/m1/s1. The first-order chi connectivity index (χ1) is 35.1. The Balaban J connectivity index is 1.05. The van der Waals surface area contributed by atoms with Crippen molar-refractivity contribution in [3.8, 4) is 11.5 Å². The number of ether oxygens (including phenoxy) is 4. The van der Waals surface area contributed by atoms with Gasteiger partial charge in [0.05, 0.1) is 12.2 Å². The third-order valence-electron chi connectivity index (χ3n) is 19.4. The lowest BCUT2D eigenvalue weighted by Gasteiger charge is -2.41. The molecule has 6 nitrogen and oxygen atoms in total. The highest BCUT2D eigenvalue weighted by Crippen LogP contribution is 2.67. The van der Waals surface area contributed by atoms with Gasteiger partial charge in [-0.25, -0.2) is 0 Å². The molecule has 6 heteroatoms. The van der Waals surface area contributed by atoms with Crippen molar-refractivity contribution in [3.63, 3.8) is 0 Å². The van der Waals surface area contributed by atoms with Gasteiger partial charge in [-0.3, -0.25) is 0 Å². The molecule has 1 aromatic rings. The predicted octanol–water partition coefficient (Wildman–Crippen LogP) is 17.2. The van der Waals surface area contributed by atoms with Crippen LogP contribution in [-0.2, 0) is 22.3 Å². The van der Waals surface area contributed by atoms with Gasteiger partial charge in [0.1, 0.15) is 45.6 Å². The summed E-state index contributed by atoms with van der Waals surface area (Å²) >= 11 is 0. The third-order valence-corrected chi connectivity index (χ3v) is 19.4. The molecule has 2 saturated carbocycles. The van der Waals surface area contributed by atoms with E-state index in [0.29, 0.717) is 12.8 Å². The molecule has 11 atom stereocenters. The summed E-state index contributed by atoms with van der Waals surface area (Å²) in [6, 6.07) is 0. The molecule has 2 saturated heterocycles. The average Bonchev–Trinajstić information content (AvgIpc) is 4.16. The van der Waals surface area contributed by atoms with Crippen LogP contribution in [0.15, 0.2) is 95.2 Å². The van der Waals surface area contributed by atoms with Crippen molar-refractivity contribution in [2.24, 2.45) is 34.5 Å². The van der Waals surface area contributed by atoms with Crippen molar-refractivity contribution in [2.45, 2.75) is 267 Å². The molecular weight excluding hydrogens is 925 g/mol. The Kier molecular flexibility index (Phi) is 18.3. The minimum Gasteiger partial charge on any atom is -0.487 e. The zero-order valence-electron chi connectivity index (χ0n) is 50.3. The number of fused-ring (bicyclic) bond motifs is 5. The molecule has 4 heterocycles. The van der Waals surface area contributed by atoms with E-state index in [2.05, 4.69) is 191 Å². The maximum Gasteiger partial charge on any atom is 0.127 e. The quantitative estimate of drug-likeness (QED) is 0.0889. The molecule has 0 unspecified atom stereocenters. The van der Waals surface area contributed by atoms with E-state index < -0.39 is 0 Å². The summed E-state index contributed by atoms with van der Waals surface area (Å²) in [6.07, 6.45) is 43.2. The molecule has 4 aliphatic heterocycles. The van der Waals surface area contributed by atoms with Gasteiger partial charge in [0.15, 0.2) is 0 Å². The molecule has 0 radical (unpaired) electrons. The van der Waals surface area contributed by atoms with Gasteiger partial charge in [-0.1, -0.05) is 178 Å². The number of hydrogen-bond donors (Lipinski definition) is 2. The molecule has 0 aromatic heterocycles. The topological polar surface area (TPSA) is 84.0 Å². The van der Waals surface area contributed by atoms with Crippen molar-refractivity contribution in [1.82, 2.24) is 0 Å². The molecule has 0 spiro atoms. The Hall–Kier alpha value is -3.42. The van der Waals surface area contributed by atoms with E-state index in [1.807, 2.05) is 0 Å². The first kappa shape index (κ1) is 59.2. The highest BCUT2D eigenvalue weighted by atomic mass is 16.6. The number of aliphatic hydroxyl groups is 2. The summed E-state index contributed by atoms with van der Waals surface area (Å²) in [6.45, 7) is 38.3. The van der Waals surface area contributed by atoms with Gasteiger partial charge in [0, 0.05) is 40.7 Å². The molecule has 75 heavy (non-hydrogen) atoms. The molecule has 4 fully saturated rings. The van der Waals surface area contributed by atoms with Crippen LogP contribution in [0.4, 0.5) is 0 Å². The minimum atomic E-state index is -0.385. The molecule has 2 N–H and O–H groups in total. The van der Waals surface area contributed by atoms with Crippen LogP contribution in [0.2, 0.25) is 0 Å². The second-order valence-corrected chi connectivity index (χ2v) is 27.8. The van der Waals surface area contributed by atoms with Crippen molar-refractivity contribution < 1.29 is 29.2 Å². The molecule has 2 aliphatic carbocycles. The van der Waals surface area contributed by atoms with Gasteiger partial charge in [0.2, 0.25) is 0 Å². The van der Waals surface area contributed by atoms with Crippen LogP contribution in [-0.4, -0.2) is 56.5 Å². The van der Waals surface area contributed by atoms with Crippen LogP contribution in [0.3, 0.4) is 0 Å². The Labute approximate surface area is 457 Å². The van der Waals surface area contributed by atoms with Crippen LogP contribution in [0.1, 0.15) is 216 Å². The average molecular weight is 1030 g/mol. The summed E-state index contributed by atoms with van der Waals surface area (Å²) < 4.78 is 27.4. The van der Waals surface area contributed by atoms with Crippen LogP contribution in [0.25, 0.3) is 0 Å². The normalized spacial score (nSPS) is 34.3. The maximum atomic E-state index is 10.7. The van der Waals surface area contributed by atoms with Crippen molar-refractivity contribution in [1.29, 1.82) is 0 Å². The number of aliphatic hydroxyl groups excluding tert-OH is 2. The summed E-state index contributed by atoms with van der Waals surface area (Å²) in [5.41, 5.74) is 7.96. The minimum absolute atomic E-state index is 0.112. The Bertz CT molecular complexity index is 2450. The first-order valence-electron chi connectivity index (χ1n) is 29.8. The highest BCUT2D eigenvalue weighted by Gasteiger charge is 2.75. The maximum absolute atomic E-state index is 10.7. The second kappa shape index (κ2) is 23.1. The summed E-state index contributed by atoms with van der Waals surface area (Å²) in [4.78, 5) is 0. The van der Waals surface area contributed by atoms with E-state index in [-0.39, 0.29) is 63.1 Å². The second-order valence-electron chi connectivity index (χ2n) is 27.8. The van der Waals surface area contributed by atoms with Gasteiger partial charge < -0.3 is 29.2 Å². The fraction of sp³-hybridized carbons (Fsp3) is 0.681. The van der Waals surface area contributed by atoms with Crippen molar-refractivity contribution in [2.75, 3.05) is 0 Å². The van der Waals surface area contributed by atoms with Crippen molar-refractivity contribution >= 4 is 0 Å². The largest absolute Gasteiger partial charge is 0.487 e. The van der Waals surface area contributed by atoms with E-state index in [4.69, 9.17) is 18.9 Å². The number of allylic oxidation sites excluding steroid dienone is 12. The van der Waals surface area contributed by atoms with Gasteiger partial charge >= 0.3 is 0 Å². The monoisotopic (exact) mass is 1030 g/mol. The van der Waals surface area contributed by atoms with Crippen LogP contribution >= 0.6 is 0 Å². The van der Waals surface area contributed by atoms with E-state index >= 15 is 0 Å². The number of hydrogen-bond acceptors (Lipinski definition) is 6. The number of epoxide rings is 2. The summed E-state index contributed by atoms with van der Waals surface area (Å²) in [7, 11) is 0. The third kappa shape index (κ3) is 13.0. The van der Waals surface area contributed by atoms with Gasteiger partial charge in [-0.15, -0.1) is 0 Å². The van der Waals surface area contributed by atoms with E-state index in [1.54, 1.807) is 0 Å². The predicted molar refractivity (Wildman–Crippen MR) is 314 cm³/mol. The van der Waals surface area contributed by atoms with E-state index in [1.165, 1.54) is 84.8 Å². The zero-order valence-corrected chi connectivity index (χ0v) is 50.3. The van der Waals surface area contributed by atoms with E-state index in [9.17, 15) is 10.2 Å². The van der Waals surface area contributed by atoms with Gasteiger partial charge in [0.25, 0.3) is 0 Å². The van der Waals surface area contributed by atoms with Gasteiger partial charge in [-0.2, -0.15) is 0 Å². The van der Waals surface area contributed by atoms with Crippen LogP contribution in [0, 0.1) is 48.3 Å². The van der Waals surface area contributed by atoms with Crippen LogP contribution < -0.4 is 9.47 Å². The van der Waals surface area contributed by atoms with Crippen LogP contribution in [0.5, 0.6) is 11.5 Å². The Morgan fingerprint density at radius 1 is 0.600 bits per heavy atom. The first-order valence-corrected chi connectivity index (χ1v) is 29.8. The molecule has 6 aliphatic rings. The lowest BCUT2D eigenvalue weighted by molar-refractivity contribution is 0.0501.